The third-order valence-corrected chi connectivity index (χ3v) is 3.81. The third kappa shape index (κ3) is 3.33. The van der Waals surface area contributed by atoms with Gasteiger partial charge in [0.05, 0.1) is 12.3 Å². The maximum atomic E-state index is 9.69. The molecule has 1 fully saturated rings. The Labute approximate surface area is 110 Å². The van der Waals surface area contributed by atoms with Gasteiger partial charge in [0.2, 0.25) is 0 Å². The minimum Gasteiger partial charge on any atom is -0.393 e. The number of aliphatic hydroxyl groups excluding tert-OH is 1. The Morgan fingerprint density at radius 1 is 1.44 bits per heavy atom. The lowest BCUT2D eigenvalue weighted by molar-refractivity contribution is 0.0599. The highest BCUT2D eigenvalue weighted by atomic mass is 16.3. The van der Waals surface area contributed by atoms with Crippen LogP contribution in [0.25, 0.3) is 0 Å². The maximum absolute atomic E-state index is 9.69. The van der Waals surface area contributed by atoms with Gasteiger partial charge in [0.15, 0.2) is 0 Å². The van der Waals surface area contributed by atoms with Crippen LogP contribution in [0, 0.1) is 5.92 Å². The van der Waals surface area contributed by atoms with Gasteiger partial charge in [0.25, 0.3) is 0 Å². The van der Waals surface area contributed by atoms with E-state index in [9.17, 15) is 5.11 Å². The molecule has 1 aromatic rings. The van der Waals surface area contributed by atoms with Gasteiger partial charge in [-0.3, -0.25) is 9.58 Å². The second-order valence-electron chi connectivity index (χ2n) is 5.80. The third-order valence-electron chi connectivity index (χ3n) is 3.81. The van der Waals surface area contributed by atoms with Crippen LogP contribution in [0.3, 0.4) is 0 Å². The van der Waals surface area contributed by atoms with Crippen molar-refractivity contribution in [1.29, 1.82) is 0 Å². The summed E-state index contributed by atoms with van der Waals surface area (Å²) in [5, 5.41) is 14.1. The lowest BCUT2D eigenvalue weighted by Crippen LogP contribution is -2.38. The van der Waals surface area contributed by atoms with E-state index in [0.717, 1.165) is 26.1 Å². The Morgan fingerprint density at radius 3 is 2.83 bits per heavy atom. The zero-order valence-corrected chi connectivity index (χ0v) is 11.7. The molecule has 1 aliphatic heterocycles. The lowest BCUT2D eigenvalue weighted by Gasteiger charge is -2.33. The molecule has 1 saturated heterocycles. The molecular formula is C14H25N3O. The number of nitrogens with zero attached hydrogens (tertiary/aromatic N) is 3. The predicted octanol–water partition coefficient (Wildman–Crippen LogP) is 2.06. The first kappa shape index (κ1) is 13.6. The Balaban J connectivity index is 1.92. The van der Waals surface area contributed by atoms with Gasteiger partial charge in [-0.05, 0) is 46.1 Å². The van der Waals surface area contributed by atoms with Crippen molar-refractivity contribution in [2.45, 2.75) is 52.3 Å². The fourth-order valence-electron chi connectivity index (χ4n) is 2.63. The van der Waals surface area contributed by atoms with Crippen molar-refractivity contribution < 1.29 is 5.11 Å². The molecule has 2 rings (SSSR count). The van der Waals surface area contributed by atoms with Gasteiger partial charge in [-0.25, -0.2) is 0 Å². The summed E-state index contributed by atoms with van der Waals surface area (Å²) >= 11 is 0. The van der Waals surface area contributed by atoms with Gasteiger partial charge in [-0.1, -0.05) is 0 Å². The van der Waals surface area contributed by atoms with E-state index >= 15 is 0 Å². The number of aliphatic hydroxyl groups is 1. The van der Waals surface area contributed by atoms with E-state index in [1.807, 2.05) is 17.8 Å². The van der Waals surface area contributed by atoms with Crippen molar-refractivity contribution in [2.75, 3.05) is 13.1 Å². The summed E-state index contributed by atoms with van der Waals surface area (Å²) in [4.78, 5) is 2.43. The van der Waals surface area contributed by atoms with Crippen molar-refractivity contribution in [1.82, 2.24) is 14.7 Å². The van der Waals surface area contributed by atoms with Crippen LogP contribution >= 0.6 is 0 Å². The lowest BCUT2D eigenvalue weighted by atomic mass is 9.93. The molecule has 2 atom stereocenters. The molecule has 1 N–H and O–H groups in total. The van der Waals surface area contributed by atoms with Gasteiger partial charge < -0.3 is 5.11 Å². The Bertz CT molecular complexity index is 373. The normalized spacial score (nSPS) is 23.5. The minimum absolute atomic E-state index is 0.189. The summed E-state index contributed by atoms with van der Waals surface area (Å²) in [5.74, 6) is 0.430. The fraction of sp³-hybridized carbons (Fsp3) is 0.786. The minimum atomic E-state index is -0.189. The largest absolute Gasteiger partial charge is 0.393 e. The molecule has 1 aliphatic rings. The number of aromatic nitrogens is 2. The van der Waals surface area contributed by atoms with Crippen LogP contribution in [0.2, 0.25) is 0 Å². The van der Waals surface area contributed by atoms with E-state index in [1.165, 1.54) is 12.0 Å². The molecule has 0 unspecified atom stereocenters. The maximum Gasteiger partial charge on any atom is 0.0552 e. The number of rotatable bonds is 4. The van der Waals surface area contributed by atoms with E-state index in [0.29, 0.717) is 12.0 Å². The van der Waals surface area contributed by atoms with Crippen molar-refractivity contribution in [3.63, 3.8) is 0 Å². The average molecular weight is 251 g/mol. The molecule has 0 amide bonds. The molecule has 0 radical (unpaired) electrons. The van der Waals surface area contributed by atoms with Gasteiger partial charge in [-0.15, -0.1) is 0 Å². The molecule has 1 aromatic heterocycles. The van der Waals surface area contributed by atoms with Crippen LogP contribution in [0.5, 0.6) is 0 Å². The van der Waals surface area contributed by atoms with Crippen LogP contribution in [-0.2, 0) is 6.54 Å². The van der Waals surface area contributed by atoms with Crippen LogP contribution in [0.15, 0.2) is 12.4 Å². The van der Waals surface area contributed by atoms with Gasteiger partial charge in [0.1, 0.15) is 0 Å². The second kappa shape index (κ2) is 5.85. The van der Waals surface area contributed by atoms with Gasteiger partial charge >= 0.3 is 0 Å². The van der Waals surface area contributed by atoms with E-state index in [1.54, 1.807) is 0 Å². The molecule has 2 heterocycles. The van der Waals surface area contributed by atoms with Crippen LogP contribution in [0.1, 0.15) is 45.2 Å². The highest BCUT2D eigenvalue weighted by Crippen LogP contribution is 2.21. The standard InChI is InChI=1S/C14H25N3O/c1-11(2)17-9-13(7-15-17)8-16-6-4-5-14(10-16)12(3)18/h7,9,11-12,14,18H,4-6,8,10H2,1-3H3/t12-,14-/m1/s1. The summed E-state index contributed by atoms with van der Waals surface area (Å²) in [6, 6.07) is 0.422. The molecule has 4 nitrogen and oxygen atoms in total. The highest BCUT2D eigenvalue weighted by molar-refractivity contribution is 5.04. The summed E-state index contributed by atoms with van der Waals surface area (Å²) in [6.45, 7) is 9.28. The molecule has 4 heteroatoms. The number of likely N-dealkylation sites (tertiary alicyclic amines) is 1. The fourth-order valence-corrected chi connectivity index (χ4v) is 2.63. The van der Waals surface area contributed by atoms with Crippen LogP contribution in [0.4, 0.5) is 0 Å². The summed E-state index contributed by atoms with van der Waals surface area (Å²) < 4.78 is 2.01. The topological polar surface area (TPSA) is 41.3 Å². The van der Waals surface area contributed by atoms with E-state index in [-0.39, 0.29) is 6.10 Å². The van der Waals surface area contributed by atoms with E-state index in [4.69, 9.17) is 0 Å². The molecule has 102 valence electrons. The van der Waals surface area contributed by atoms with Crippen LogP contribution in [-0.4, -0.2) is 39.0 Å². The van der Waals surface area contributed by atoms with Crippen molar-refractivity contribution in [3.8, 4) is 0 Å². The van der Waals surface area contributed by atoms with Crippen molar-refractivity contribution in [3.05, 3.63) is 18.0 Å². The van der Waals surface area contributed by atoms with Gasteiger partial charge in [-0.2, -0.15) is 5.10 Å². The Kier molecular flexibility index (Phi) is 4.40. The average Bonchev–Trinajstić information content (AvgIpc) is 2.78. The molecule has 0 saturated carbocycles. The predicted molar refractivity (Wildman–Crippen MR) is 72.3 cm³/mol. The first-order chi connectivity index (χ1) is 8.56. The molecule has 0 aliphatic carbocycles. The molecule has 0 bridgehead atoms. The molecule has 18 heavy (non-hydrogen) atoms. The SMILES string of the molecule is CC(C)n1cc(CN2CCC[C@@H]([C@@H](C)O)C2)cn1. The first-order valence-electron chi connectivity index (χ1n) is 6.99. The smallest absolute Gasteiger partial charge is 0.0552 e. The van der Waals surface area contributed by atoms with Crippen molar-refractivity contribution in [2.24, 2.45) is 5.92 Å². The van der Waals surface area contributed by atoms with Gasteiger partial charge in [0, 0.05) is 30.9 Å². The Hall–Kier alpha value is -0.870. The van der Waals surface area contributed by atoms with Crippen LogP contribution < -0.4 is 0 Å². The van der Waals surface area contributed by atoms with Crippen molar-refractivity contribution >= 4 is 0 Å². The monoisotopic (exact) mass is 251 g/mol. The summed E-state index contributed by atoms with van der Waals surface area (Å²) in [7, 11) is 0. The molecule has 0 aromatic carbocycles. The van der Waals surface area contributed by atoms with E-state index in [2.05, 4.69) is 30.0 Å². The van der Waals surface area contributed by atoms with E-state index < -0.39 is 0 Å². The summed E-state index contributed by atoms with van der Waals surface area (Å²) in [6.07, 6.45) is 6.25. The number of hydrogen-bond donors (Lipinski definition) is 1. The zero-order valence-electron chi connectivity index (χ0n) is 11.7. The summed E-state index contributed by atoms with van der Waals surface area (Å²) in [5.41, 5.74) is 1.27. The quantitative estimate of drug-likeness (QED) is 0.890. The second-order valence-corrected chi connectivity index (χ2v) is 5.80. The first-order valence-corrected chi connectivity index (χ1v) is 6.99. The molecule has 0 spiro atoms. The molecular weight excluding hydrogens is 226 g/mol. The number of piperidine rings is 1. The highest BCUT2D eigenvalue weighted by Gasteiger charge is 2.23. The zero-order chi connectivity index (χ0) is 13.1. The Morgan fingerprint density at radius 2 is 2.22 bits per heavy atom. The number of hydrogen-bond acceptors (Lipinski definition) is 3.